The molecule has 2 aromatic carbocycles. The van der Waals surface area contributed by atoms with E-state index in [0.717, 1.165) is 24.5 Å². The number of aliphatic hydroxyl groups is 2. The number of carbonyl (C=O) groups excluding carboxylic acids is 2. The molecule has 0 aliphatic heterocycles. The highest BCUT2D eigenvalue weighted by atomic mass is 19.2. The maximum Gasteiger partial charge on any atom is 0.255 e. The molecule has 0 saturated heterocycles. The number of allylic oxidation sites excluding steroid dienone is 6. The number of aromatic amines is 2. The average molecular weight is 727 g/mol. The summed E-state index contributed by atoms with van der Waals surface area (Å²) in [6, 6.07) is 4.63. The summed E-state index contributed by atoms with van der Waals surface area (Å²) in [5.74, 6) is -15.8. The van der Waals surface area contributed by atoms with Crippen LogP contribution in [0.1, 0.15) is 46.9 Å². The lowest BCUT2D eigenvalue weighted by atomic mass is 9.76. The first kappa shape index (κ1) is 36.7. The number of carbonyl (C=O) groups is 2. The normalized spacial score (nSPS) is 14.4. The number of H-pyrrole nitrogens is 2. The van der Waals surface area contributed by atoms with E-state index in [0.29, 0.717) is 24.3 Å². The zero-order valence-electron chi connectivity index (χ0n) is 26.2. The predicted molar refractivity (Wildman–Crippen MR) is 171 cm³/mol. The number of benzene rings is 2. The Morgan fingerprint density at radius 2 is 0.885 bits per heavy atom. The average Bonchev–Trinajstić information content (AvgIpc) is 3.07. The monoisotopic (exact) mass is 726 g/mol. The second-order valence-corrected chi connectivity index (χ2v) is 11.3. The standard InChI is InChI=1S/C19H13F3O4.C17H11F3N2O4/c20-10-7-9(8-11(21)19(10)22)16(17-12(23)3-1-4-13(17)24)18-14(25)5-2-6-15(18)26;18-8-5-7(6-9(19)15(8)20)12(13-10(23)1-3-21-16(13)25)14-11(24)2-4-22-17(14)26/h1-3,5,7-8,16,23,25H,4,6H2;1-6,12H,(H2,21,23,25)(H2,22,24,26). The third kappa shape index (κ3) is 7.03. The zero-order chi connectivity index (χ0) is 38.0. The number of aliphatic hydroxyl groups excluding tert-OH is 2. The molecule has 2 aliphatic carbocycles. The van der Waals surface area contributed by atoms with Gasteiger partial charge in [-0.25, -0.2) is 26.3 Å². The number of ketones is 2. The van der Waals surface area contributed by atoms with Gasteiger partial charge in [0, 0.05) is 42.3 Å². The summed E-state index contributed by atoms with van der Waals surface area (Å²) in [6.07, 6.45) is 7.28. The van der Waals surface area contributed by atoms with Gasteiger partial charge in [-0.3, -0.25) is 19.2 Å². The molecule has 268 valence electrons. The third-order valence-electron chi connectivity index (χ3n) is 8.10. The quantitative estimate of drug-likeness (QED) is 0.104. The first-order chi connectivity index (χ1) is 24.6. The molecular formula is C36H24F6N2O8. The zero-order valence-corrected chi connectivity index (χ0v) is 26.2. The molecule has 2 aliphatic rings. The van der Waals surface area contributed by atoms with Gasteiger partial charge in [0.05, 0.1) is 17.0 Å². The van der Waals surface area contributed by atoms with Crippen LogP contribution in [0.15, 0.2) is 105 Å². The van der Waals surface area contributed by atoms with Crippen LogP contribution in [0.2, 0.25) is 0 Å². The van der Waals surface area contributed by atoms with Crippen LogP contribution in [0.4, 0.5) is 26.3 Å². The molecule has 52 heavy (non-hydrogen) atoms. The van der Waals surface area contributed by atoms with Crippen molar-refractivity contribution in [3.05, 3.63) is 174 Å². The largest absolute Gasteiger partial charge is 0.508 e. The summed E-state index contributed by atoms with van der Waals surface area (Å²) < 4.78 is 81.6. The number of nitrogens with one attached hydrogen (secondary N) is 2. The molecule has 0 spiro atoms. The van der Waals surface area contributed by atoms with Crippen molar-refractivity contribution in [3.63, 3.8) is 0 Å². The van der Waals surface area contributed by atoms with E-state index in [9.17, 15) is 65.9 Å². The number of pyridine rings is 2. The minimum Gasteiger partial charge on any atom is -0.508 e. The number of hydrogen-bond acceptors (Lipinski definition) is 8. The van der Waals surface area contributed by atoms with Crippen molar-refractivity contribution in [2.45, 2.75) is 24.7 Å². The van der Waals surface area contributed by atoms with E-state index in [1.54, 1.807) is 0 Å². The van der Waals surface area contributed by atoms with E-state index in [4.69, 9.17) is 0 Å². The molecule has 0 fully saturated rings. The van der Waals surface area contributed by atoms with E-state index in [1.807, 2.05) is 0 Å². The van der Waals surface area contributed by atoms with Crippen molar-refractivity contribution in [1.82, 2.24) is 9.97 Å². The molecule has 6 N–H and O–H groups in total. The Morgan fingerprint density at radius 3 is 1.21 bits per heavy atom. The van der Waals surface area contributed by atoms with Gasteiger partial charge in [0.2, 0.25) is 0 Å². The van der Waals surface area contributed by atoms with Crippen molar-refractivity contribution in [3.8, 4) is 11.5 Å². The van der Waals surface area contributed by atoms with Crippen molar-refractivity contribution in [2.75, 3.05) is 0 Å². The first-order valence-corrected chi connectivity index (χ1v) is 15.0. The summed E-state index contributed by atoms with van der Waals surface area (Å²) in [5.41, 5.74) is -3.79. The third-order valence-corrected chi connectivity index (χ3v) is 8.10. The first-order valence-electron chi connectivity index (χ1n) is 15.0. The molecular weight excluding hydrogens is 702 g/mol. The van der Waals surface area contributed by atoms with E-state index in [-0.39, 0.29) is 35.1 Å². The molecule has 0 radical (unpaired) electrons. The molecule has 2 heterocycles. The van der Waals surface area contributed by atoms with Gasteiger partial charge in [0.15, 0.2) is 46.5 Å². The van der Waals surface area contributed by atoms with Crippen LogP contribution >= 0.6 is 0 Å². The molecule has 0 atom stereocenters. The molecule has 2 aromatic heterocycles. The van der Waals surface area contributed by atoms with Crippen LogP contribution in [0, 0.1) is 34.9 Å². The molecule has 0 unspecified atom stereocenters. The van der Waals surface area contributed by atoms with Crippen LogP contribution in [0.5, 0.6) is 11.5 Å². The van der Waals surface area contributed by atoms with Crippen LogP contribution < -0.4 is 11.1 Å². The van der Waals surface area contributed by atoms with Crippen LogP contribution in [0.25, 0.3) is 0 Å². The number of Topliss-reactive ketones (excluding diaryl/α,β-unsaturated/α-hetero) is 2. The minimum absolute atomic E-state index is 0.0971. The molecule has 0 amide bonds. The summed E-state index contributed by atoms with van der Waals surface area (Å²) in [6.45, 7) is 0. The van der Waals surface area contributed by atoms with Gasteiger partial charge in [-0.1, -0.05) is 12.2 Å². The van der Waals surface area contributed by atoms with Crippen molar-refractivity contribution >= 4 is 11.6 Å². The number of hydrogen-bond donors (Lipinski definition) is 6. The molecule has 0 saturated carbocycles. The number of rotatable bonds is 6. The minimum atomic E-state index is -1.73. The SMILES string of the molecule is O=C1CC=CC(O)=C1C(C1=C(O)C=CCC1=O)c1cc(F)c(F)c(F)c1.O=c1[nH]ccc(O)c1C(c1cc(F)c(F)c(F)c1)c1c(O)cc[nH]c1=O. The topological polar surface area (TPSA) is 181 Å². The van der Waals surface area contributed by atoms with Crippen LogP contribution in [-0.2, 0) is 9.59 Å². The number of aromatic nitrogens is 2. The predicted octanol–water partition coefficient (Wildman–Crippen LogP) is 5.94. The lowest BCUT2D eigenvalue weighted by molar-refractivity contribution is -0.115. The lowest BCUT2D eigenvalue weighted by Crippen LogP contribution is -2.24. The highest BCUT2D eigenvalue weighted by molar-refractivity contribution is 6.06. The summed E-state index contributed by atoms with van der Waals surface area (Å²) in [4.78, 5) is 53.7. The molecule has 10 nitrogen and oxygen atoms in total. The fraction of sp³-hybridized carbons (Fsp3) is 0.111. The van der Waals surface area contributed by atoms with Crippen LogP contribution in [0.3, 0.4) is 0 Å². The molecule has 6 rings (SSSR count). The summed E-state index contributed by atoms with van der Waals surface area (Å²) in [5, 5.41) is 40.5. The second kappa shape index (κ2) is 14.7. The Bertz CT molecular complexity index is 2220. The van der Waals surface area contributed by atoms with Crippen molar-refractivity contribution in [1.29, 1.82) is 0 Å². The Balaban J connectivity index is 0.000000201. The number of halogens is 6. The highest BCUT2D eigenvalue weighted by Crippen LogP contribution is 2.41. The smallest absolute Gasteiger partial charge is 0.255 e. The summed E-state index contributed by atoms with van der Waals surface area (Å²) in [7, 11) is 0. The Morgan fingerprint density at radius 1 is 0.538 bits per heavy atom. The van der Waals surface area contributed by atoms with E-state index in [1.165, 1.54) is 24.3 Å². The van der Waals surface area contributed by atoms with Gasteiger partial charge < -0.3 is 30.4 Å². The lowest BCUT2D eigenvalue weighted by Gasteiger charge is -2.26. The van der Waals surface area contributed by atoms with E-state index in [2.05, 4.69) is 9.97 Å². The molecule has 0 bridgehead atoms. The second-order valence-electron chi connectivity index (χ2n) is 11.3. The van der Waals surface area contributed by atoms with Gasteiger partial charge in [0.1, 0.15) is 23.0 Å². The van der Waals surface area contributed by atoms with Crippen molar-refractivity contribution < 1.29 is 56.4 Å². The molecule has 4 aromatic rings. The Hall–Kier alpha value is -6.58. The van der Waals surface area contributed by atoms with Crippen LogP contribution in [-0.4, -0.2) is 42.0 Å². The van der Waals surface area contributed by atoms with Gasteiger partial charge >= 0.3 is 0 Å². The van der Waals surface area contributed by atoms with E-state index >= 15 is 0 Å². The fourth-order valence-electron chi connectivity index (χ4n) is 5.82. The fourth-order valence-corrected chi connectivity index (χ4v) is 5.82. The maximum atomic E-state index is 13.8. The molecule has 16 heteroatoms. The highest BCUT2D eigenvalue weighted by Gasteiger charge is 2.36. The van der Waals surface area contributed by atoms with Crippen molar-refractivity contribution in [2.24, 2.45) is 0 Å². The van der Waals surface area contributed by atoms with E-state index < -0.39 is 104 Å². The van der Waals surface area contributed by atoms with Gasteiger partial charge in [-0.2, -0.15) is 0 Å². The Labute approximate surface area is 287 Å². The maximum absolute atomic E-state index is 13.8. The summed E-state index contributed by atoms with van der Waals surface area (Å²) >= 11 is 0. The van der Waals surface area contributed by atoms with Gasteiger partial charge in [-0.15, -0.1) is 0 Å². The number of aromatic hydroxyl groups is 2. The van der Waals surface area contributed by atoms with Gasteiger partial charge in [-0.05, 0) is 59.7 Å². The van der Waals surface area contributed by atoms with Gasteiger partial charge in [0.25, 0.3) is 11.1 Å². The Kier molecular flexibility index (Phi) is 10.4.